The topological polar surface area (TPSA) is 59.3 Å². The van der Waals surface area contributed by atoms with Gasteiger partial charge in [-0.1, -0.05) is 20.3 Å². The molecule has 0 aromatic carbocycles. The van der Waals surface area contributed by atoms with Crippen molar-refractivity contribution >= 4 is 9.84 Å². The van der Waals surface area contributed by atoms with Crippen molar-refractivity contribution in [2.24, 2.45) is 5.92 Å². The molecule has 2 unspecified atom stereocenters. The summed E-state index contributed by atoms with van der Waals surface area (Å²) in [6.07, 6.45) is 2.51. The molecule has 0 radical (unpaired) electrons. The third-order valence-electron chi connectivity index (χ3n) is 3.14. The van der Waals surface area contributed by atoms with E-state index >= 15 is 0 Å². The molecule has 1 aromatic heterocycles. The Balaban J connectivity index is 2.37. The van der Waals surface area contributed by atoms with Gasteiger partial charge in [0.25, 0.3) is 0 Å². The van der Waals surface area contributed by atoms with E-state index in [1.807, 2.05) is 26.0 Å². The normalized spacial score (nSPS) is 15.5. The van der Waals surface area contributed by atoms with E-state index in [9.17, 15) is 8.42 Å². The highest BCUT2D eigenvalue weighted by atomic mass is 32.2. The number of hydrogen-bond donors (Lipinski definition) is 1. The van der Waals surface area contributed by atoms with Gasteiger partial charge in [-0.05, 0) is 25.0 Å². The van der Waals surface area contributed by atoms with Crippen LogP contribution < -0.4 is 5.32 Å². The van der Waals surface area contributed by atoms with E-state index in [1.54, 1.807) is 13.2 Å². The zero-order valence-corrected chi connectivity index (χ0v) is 12.2. The van der Waals surface area contributed by atoms with Crippen LogP contribution in [0.15, 0.2) is 22.8 Å². The third-order valence-corrected chi connectivity index (χ3v) is 5.56. The van der Waals surface area contributed by atoms with Crippen LogP contribution in [0.1, 0.15) is 33.0 Å². The summed E-state index contributed by atoms with van der Waals surface area (Å²) in [6.45, 7) is 6.77. The first-order valence-electron chi connectivity index (χ1n) is 6.40. The fourth-order valence-corrected chi connectivity index (χ4v) is 3.35. The van der Waals surface area contributed by atoms with E-state index in [-0.39, 0.29) is 16.9 Å². The first-order chi connectivity index (χ1) is 8.45. The van der Waals surface area contributed by atoms with Gasteiger partial charge in [0.15, 0.2) is 9.84 Å². The Bertz CT molecular complexity index is 425. The van der Waals surface area contributed by atoms with Crippen molar-refractivity contribution in [1.82, 2.24) is 5.32 Å². The molecule has 104 valence electrons. The van der Waals surface area contributed by atoms with Gasteiger partial charge in [0.05, 0.1) is 23.8 Å². The maximum Gasteiger partial charge on any atom is 0.154 e. The van der Waals surface area contributed by atoms with Gasteiger partial charge in [-0.25, -0.2) is 8.42 Å². The molecule has 18 heavy (non-hydrogen) atoms. The molecule has 1 rings (SSSR count). The van der Waals surface area contributed by atoms with Crippen molar-refractivity contribution in [3.05, 3.63) is 24.2 Å². The van der Waals surface area contributed by atoms with E-state index in [1.165, 1.54) is 0 Å². The molecule has 0 saturated heterocycles. The predicted octanol–water partition coefficient (Wildman–Crippen LogP) is 2.22. The van der Waals surface area contributed by atoms with Gasteiger partial charge in [0.1, 0.15) is 5.76 Å². The minimum Gasteiger partial charge on any atom is -0.468 e. The zero-order chi connectivity index (χ0) is 13.6. The lowest BCUT2D eigenvalue weighted by Gasteiger charge is -2.16. The van der Waals surface area contributed by atoms with Crippen LogP contribution >= 0.6 is 0 Å². The number of furan rings is 1. The molecule has 0 aliphatic heterocycles. The Morgan fingerprint density at radius 3 is 2.67 bits per heavy atom. The summed E-state index contributed by atoms with van der Waals surface area (Å²) in [5, 5.41) is 2.75. The Morgan fingerprint density at radius 2 is 2.11 bits per heavy atom. The Morgan fingerprint density at radius 1 is 1.39 bits per heavy atom. The first-order valence-corrected chi connectivity index (χ1v) is 8.12. The summed E-state index contributed by atoms with van der Waals surface area (Å²) in [6, 6.07) is 3.69. The molecule has 5 heteroatoms. The Labute approximate surface area is 110 Å². The molecule has 0 bridgehead atoms. The number of rotatable bonds is 8. The van der Waals surface area contributed by atoms with Crippen LogP contribution in [0.2, 0.25) is 0 Å². The van der Waals surface area contributed by atoms with Crippen molar-refractivity contribution < 1.29 is 12.8 Å². The number of hydrogen-bond acceptors (Lipinski definition) is 4. The van der Waals surface area contributed by atoms with Crippen LogP contribution in [0.4, 0.5) is 0 Å². The highest BCUT2D eigenvalue weighted by Gasteiger charge is 2.22. The van der Waals surface area contributed by atoms with E-state index in [0.717, 1.165) is 12.2 Å². The van der Waals surface area contributed by atoms with Crippen LogP contribution in [-0.4, -0.2) is 26.0 Å². The van der Waals surface area contributed by atoms with Crippen LogP contribution in [0, 0.1) is 5.92 Å². The Kier molecular flexibility index (Phi) is 5.88. The van der Waals surface area contributed by atoms with Crippen molar-refractivity contribution in [2.75, 3.05) is 12.3 Å². The van der Waals surface area contributed by atoms with E-state index in [0.29, 0.717) is 13.1 Å². The van der Waals surface area contributed by atoms with Gasteiger partial charge in [0, 0.05) is 6.54 Å². The zero-order valence-electron chi connectivity index (χ0n) is 11.3. The fourth-order valence-electron chi connectivity index (χ4n) is 1.62. The monoisotopic (exact) mass is 273 g/mol. The second kappa shape index (κ2) is 6.95. The molecule has 0 fully saturated rings. The van der Waals surface area contributed by atoms with Crippen molar-refractivity contribution in [2.45, 2.75) is 39.0 Å². The SMILES string of the molecule is CCC(C)CS(=O)(=O)C(C)CNCc1ccco1. The summed E-state index contributed by atoms with van der Waals surface area (Å²) in [5.41, 5.74) is 0. The molecular formula is C13H23NO3S. The highest BCUT2D eigenvalue weighted by molar-refractivity contribution is 7.92. The quantitative estimate of drug-likeness (QED) is 0.789. The van der Waals surface area contributed by atoms with Gasteiger partial charge in [-0.15, -0.1) is 0 Å². The molecular weight excluding hydrogens is 250 g/mol. The van der Waals surface area contributed by atoms with E-state index in [4.69, 9.17) is 4.42 Å². The summed E-state index contributed by atoms with van der Waals surface area (Å²) < 4.78 is 29.2. The molecule has 0 spiro atoms. The summed E-state index contributed by atoms with van der Waals surface area (Å²) >= 11 is 0. The van der Waals surface area contributed by atoms with E-state index in [2.05, 4.69) is 5.32 Å². The lowest BCUT2D eigenvalue weighted by atomic mass is 10.2. The van der Waals surface area contributed by atoms with Crippen molar-refractivity contribution in [3.8, 4) is 0 Å². The molecule has 0 amide bonds. The maximum absolute atomic E-state index is 12.0. The van der Waals surface area contributed by atoms with Crippen LogP contribution in [0.25, 0.3) is 0 Å². The Hall–Kier alpha value is -0.810. The van der Waals surface area contributed by atoms with Crippen molar-refractivity contribution in [1.29, 1.82) is 0 Å². The van der Waals surface area contributed by atoms with Gasteiger partial charge in [-0.3, -0.25) is 0 Å². The smallest absolute Gasteiger partial charge is 0.154 e. The minimum absolute atomic E-state index is 0.225. The fraction of sp³-hybridized carbons (Fsp3) is 0.692. The maximum atomic E-state index is 12.0. The predicted molar refractivity (Wildman–Crippen MR) is 73.1 cm³/mol. The third kappa shape index (κ3) is 4.82. The lowest BCUT2D eigenvalue weighted by Crippen LogP contribution is -2.33. The highest BCUT2D eigenvalue weighted by Crippen LogP contribution is 2.10. The molecule has 4 nitrogen and oxygen atoms in total. The van der Waals surface area contributed by atoms with Gasteiger partial charge >= 0.3 is 0 Å². The van der Waals surface area contributed by atoms with Gasteiger partial charge in [-0.2, -0.15) is 0 Å². The molecule has 0 saturated carbocycles. The second-order valence-electron chi connectivity index (χ2n) is 4.86. The molecule has 0 aliphatic rings. The summed E-state index contributed by atoms with van der Waals surface area (Å²) in [7, 11) is -3.01. The van der Waals surface area contributed by atoms with E-state index < -0.39 is 9.84 Å². The van der Waals surface area contributed by atoms with Crippen molar-refractivity contribution in [3.63, 3.8) is 0 Å². The van der Waals surface area contributed by atoms with Gasteiger partial charge < -0.3 is 9.73 Å². The van der Waals surface area contributed by atoms with Crippen LogP contribution in [0.5, 0.6) is 0 Å². The average molecular weight is 273 g/mol. The summed E-state index contributed by atoms with van der Waals surface area (Å²) in [4.78, 5) is 0. The van der Waals surface area contributed by atoms with Crippen LogP contribution in [0.3, 0.4) is 0 Å². The standard InChI is InChI=1S/C13H23NO3S/c1-4-11(2)10-18(15,16)12(3)8-14-9-13-6-5-7-17-13/h5-7,11-12,14H,4,8-10H2,1-3H3. The molecule has 0 aliphatic carbocycles. The largest absolute Gasteiger partial charge is 0.468 e. The average Bonchev–Trinajstić information content (AvgIpc) is 2.81. The number of nitrogens with one attached hydrogen (secondary N) is 1. The van der Waals surface area contributed by atoms with Crippen LogP contribution in [-0.2, 0) is 16.4 Å². The molecule has 2 atom stereocenters. The molecule has 1 heterocycles. The number of sulfone groups is 1. The lowest BCUT2D eigenvalue weighted by molar-refractivity contribution is 0.480. The molecule has 1 N–H and O–H groups in total. The minimum atomic E-state index is -3.01. The molecule has 1 aromatic rings. The second-order valence-corrected chi connectivity index (χ2v) is 7.33. The van der Waals surface area contributed by atoms with Gasteiger partial charge in [0.2, 0.25) is 0 Å². The summed E-state index contributed by atoms with van der Waals surface area (Å²) in [5.74, 6) is 1.32. The first kappa shape index (κ1) is 15.2.